The van der Waals surface area contributed by atoms with E-state index in [-0.39, 0.29) is 0 Å². The van der Waals surface area contributed by atoms with Gasteiger partial charge < -0.3 is 0 Å². The van der Waals surface area contributed by atoms with Crippen LogP contribution in [0.1, 0.15) is 19.3 Å². The van der Waals surface area contributed by atoms with E-state index < -0.39 is 0 Å². The predicted octanol–water partition coefficient (Wildman–Crippen LogP) is 2.52. The van der Waals surface area contributed by atoms with Gasteiger partial charge in [0.05, 0.1) is 4.87 Å². The molecule has 0 amide bonds. The number of hydrogen-bond donors (Lipinski definition) is 0. The Labute approximate surface area is 77.7 Å². The van der Waals surface area contributed by atoms with Gasteiger partial charge in [-0.2, -0.15) is 0 Å². The van der Waals surface area contributed by atoms with E-state index in [2.05, 4.69) is 0 Å². The third-order valence-corrected chi connectivity index (χ3v) is 6.55. The van der Waals surface area contributed by atoms with Crippen LogP contribution in [-0.2, 0) is 0 Å². The molecule has 6 rings (SSSR count). The van der Waals surface area contributed by atoms with Crippen molar-refractivity contribution in [3.63, 3.8) is 0 Å². The molecule has 0 N–H and O–H groups in total. The smallest absolute Gasteiger partial charge is 0.0539 e. The van der Waals surface area contributed by atoms with Crippen LogP contribution in [0.5, 0.6) is 0 Å². The Bertz CT molecular complexity index is 252. The van der Waals surface area contributed by atoms with Crippen LogP contribution < -0.4 is 0 Å². The van der Waals surface area contributed by atoms with Crippen LogP contribution in [0.15, 0.2) is 0 Å². The van der Waals surface area contributed by atoms with Crippen molar-refractivity contribution in [2.45, 2.75) is 24.1 Å². The van der Waals surface area contributed by atoms with Crippen molar-refractivity contribution in [3.05, 3.63) is 0 Å². The van der Waals surface area contributed by atoms with E-state index in [1.165, 1.54) is 25.2 Å². The van der Waals surface area contributed by atoms with E-state index >= 15 is 0 Å². The van der Waals surface area contributed by atoms with Gasteiger partial charge in [0, 0.05) is 0 Å². The summed E-state index contributed by atoms with van der Waals surface area (Å²) >= 11 is 6.87. The van der Waals surface area contributed by atoms with Crippen LogP contribution in [-0.4, -0.2) is 4.87 Å². The number of rotatable bonds is 0. The van der Waals surface area contributed by atoms with Crippen LogP contribution in [0.2, 0.25) is 0 Å². The second-order valence-electron chi connectivity index (χ2n) is 5.92. The van der Waals surface area contributed by atoms with E-state index in [4.69, 9.17) is 11.6 Å². The van der Waals surface area contributed by atoms with Gasteiger partial charge in [-0.25, -0.2) is 0 Å². The fraction of sp³-hybridized carbons (Fsp3) is 1.00. The van der Waals surface area contributed by atoms with E-state index in [0.29, 0.717) is 4.87 Å². The van der Waals surface area contributed by atoms with Crippen molar-refractivity contribution < 1.29 is 0 Å². The Morgan fingerprint density at radius 2 is 1.25 bits per heavy atom. The highest BCUT2D eigenvalue weighted by Crippen LogP contribution is 2.85. The Morgan fingerprint density at radius 1 is 0.833 bits per heavy atom. The first-order valence-electron chi connectivity index (χ1n) is 5.50. The Kier molecular flexibility index (Phi) is 0.641. The molecular formula is C11H13Cl. The molecule has 0 nitrogen and oxygen atoms in total. The largest absolute Gasteiger partial charge is 0.118 e. The van der Waals surface area contributed by atoms with Gasteiger partial charge in [0.25, 0.3) is 0 Å². The van der Waals surface area contributed by atoms with Crippen LogP contribution in [0.25, 0.3) is 0 Å². The first-order chi connectivity index (χ1) is 5.82. The highest BCUT2D eigenvalue weighted by atomic mass is 35.5. The molecule has 0 aliphatic heterocycles. The number of halogens is 1. The monoisotopic (exact) mass is 180 g/mol. The third-order valence-electron chi connectivity index (χ3n) is 5.71. The van der Waals surface area contributed by atoms with Gasteiger partial charge in [-0.1, -0.05) is 0 Å². The summed E-state index contributed by atoms with van der Waals surface area (Å²) in [4.78, 5) is 0.356. The summed E-state index contributed by atoms with van der Waals surface area (Å²) < 4.78 is 0. The van der Waals surface area contributed by atoms with Crippen LogP contribution in [0, 0.1) is 41.4 Å². The average Bonchev–Trinajstić information content (AvgIpc) is 2.90. The highest BCUT2D eigenvalue weighted by Gasteiger charge is 2.83. The molecule has 0 heterocycles. The highest BCUT2D eigenvalue weighted by molar-refractivity contribution is 6.25. The van der Waals surface area contributed by atoms with Gasteiger partial charge in [0.15, 0.2) is 0 Å². The van der Waals surface area contributed by atoms with Crippen LogP contribution >= 0.6 is 11.6 Å². The zero-order valence-electron chi connectivity index (χ0n) is 7.04. The first-order valence-corrected chi connectivity index (χ1v) is 5.88. The van der Waals surface area contributed by atoms with Crippen molar-refractivity contribution in [2.24, 2.45) is 41.4 Å². The topological polar surface area (TPSA) is 0 Å². The molecule has 0 radical (unpaired) electrons. The third kappa shape index (κ3) is 0.381. The van der Waals surface area contributed by atoms with Gasteiger partial charge in [0.2, 0.25) is 0 Å². The van der Waals surface area contributed by atoms with Gasteiger partial charge in [-0.05, 0) is 60.7 Å². The standard InChI is InChI=1S/C11H13Cl/c12-11-7-1-4(7)10(5-2-8(5)11)6-3-9(6)11/h4-10H,1-3H2/t4-,5-,6-,7-,8+,9+,10?,11?/m1/s1. The quantitative estimate of drug-likeness (QED) is 0.503. The van der Waals surface area contributed by atoms with Crippen LogP contribution in [0.3, 0.4) is 0 Å². The number of alkyl halides is 1. The maximum Gasteiger partial charge on any atom is 0.0539 e. The van der Waals surface area contributed by atoms with Gasteiger partial charge in [-0.15, -0.1) is 11.6 Å². The van der Waals surface area contributed by atoms with Crippen molar-refractivity contribution in [2.75, 3.05) is 0 Å². The minimum atomic E-state index is 0.356. The second kappa shape index (κ2) is 1.30. The molecular weight excluding hydrogens is 168 g/mol. The Hall–Kier alpha value is 0.290. The molecule has 0 aromatic carbocycles. The molecule has 64 valence electrons. The molecule has 0 aromatic rings. The summed E-state index contributed by atoms with van der Waals surface area (Å²) in [6, 6.07) is 0. The van der Waals surface area contributed by atoms with E-state index in [9.17, 15) is 0 Å². The Morgan fingerprint density at radius 3 is 1.67 bits per heavy atom. The molecule has 0 aromatic heterocycles. The summed E-state index contributed by atoms with van der Waals surface area (Å²) in [6.07, 6.45) is 4.52. The maximum absolute atomic E-state index is 6.87. The van der Waals surface area contributed by atoms with Crippen molar-refractivity contribution in [1.82, 2.24) is 0 Å². The zero-order valence-corrected chi connectivity index (χ0v) is 7.80. The Balaban J connectivity index is 1.80. The summed E-state index contributed by atoms with van der Waals surface area (Å²) in [6.45, 7) is 0. The van der Waals surface area contributed by atoms with Gasteiger partial charge in [-0.3, -0.25) is 0 Å². The van der Waals surface area contributed by atoms with E-state index in [1.807, 2.05) is 0 Å². The van der Waals surface area contributed by atoms with Crippen LogP contribution in [0.4, 0.5) is 0 Å². The molecule has 0 unspecified atom stereocenters. The maximum atomic E-state index is 6.87. The summed E-state index contributed by atoms with van der Waals surface area (Å²) in [5, 5.41) is 0. The van der Waals surface area contributed by atoms with Crippen molar-refractivity contribution in [1.29, 1.82) is 0 Å². The van der Waals surface area contributed by atoms with Crippen molar-refractivity contribution in [3.8, 4) is 0 Å². The number of hydrogen-bond acceptors (Lipinski definition) is 0. The molecule has 6 atom stereocenters. The summed E-state index contributed by atoms with van der Waals surface area (Å²) in [7, 11) is 0. The fourth-order valence-electron chi connectivity index (χ4n) is 5.22. The average molecular weight is 181 g/mol. The molecule has 6 aliphatic carbocycles. The lowest BCUT2D eigenvalue weighted by Gasteiger charge is -2.41. The van der Waals surface area contributed by atoms with E-state index in [1.54, 1.807) is 0 Å². The minimum absolute atomic E-state index is 0.356. The van der Waals surface area contributed by atoms with Gasteiger partial charge in [0.1, 0.15) is 0 Å². The summed E-state index contributed by atoms with van der Waals surface area (Å²) in [5.74, 6) is 7.44. The fourth-order valence-corrected chi connectivity index (χ4v) is 5.98. The SMILES string of the molecule is ClC12[C@@H]3C[C@H]3C([C@@H]3C[C@@H]31)[C@@H]1C[C@@H]12. The van der Waals surface area contributed by atoms with Gasteiger partial charge >= 0.3 is 0 Å². The molecule has 1 heteroatoms. The zero-order chi connectivity index (χ0) is 7.66. The van der Waals surface area contributed by atoms with E-state index in [0.717, 1.165) is 35.5 Å². The molecule has 0 spiro atoms. The second-order valence-corrected chi connectivity index (χ2v) is 6.58. The predicted molar refractivity (Wildman–Crippen MR) is 46.9 cm³/mol. The van der Waals surface area contributed by atoms with Crippen molar-refractivity contribution >= 4 is 11.6 Å². The molecule has 12 heavy (non-hydrogen) atoms. The molecule has 6 aliphatic rings. The molecule has 6 saturated carbocycles. The molecule has 2 bridgehead atoms. The normalized spacial score (nSPS) is 85.2. The lowest BCUT2D eigenvalue weighted by molar-refractivity contribution is 0.152. The first kappa shape index (κ1) is 5.90. The summed E-state index contributed by atoms with van der Waals surface area (Å²) in [5.41, 5.74) is 0. The molecule has 6 fully saturated rings. The lowest BCUT2D eigenvalue weighted by atomic mass is 9.70. The lowest BCUT2D eigenvalue weighted by Crippen LogP contribution is -2.43. The minimum Gasteiger partial charge on any atom is -0.118 e. The molecule has 0 saturated heterocycles.